The van der Waals surface area contributed by atoms with E-state index in [1.54, 1.807) is 0 Å². The van der Waals surface area contributed by atoms with Crippen molar-refractivity contribution in [1.29, 1.82) is 0 Å². The molecule has 0 aromatic heterocycles. The molecule has 0 aliphatic carbocycles. The third kappa shape index (κ3) is 4.85. The van der Waals surface area contributed by atoms with Crippen molar-refractivity contribution in [3.05, 3.63) is 130 Å². The van der Waals surface area contributed by atoms with Crippen LogP contribution < -0.4 is 0 Å². The first-order chi connectivity index (χ1) is 14.7. The molecule has 0 nitrogen and oxygen atoms in total. The van der Waals surface area contributed by atoms with E-state index in [1.807, 2.05) is 0 Å². The molecule has 0 atom stereocenters. The Morgan fingerprint density at radius 1 is 0.400 bits per heavy atom. The van der Waals surface area contributed by atoms with Gasteiger partial charge in [-0.15, -0.1) is 0 Å². The lowest BCUT2D eigenvalue weighted by Crippen LogP contribution is -1.87. The highest BCUT2D eigenvalue weighted by molar-refractivity contribution is 5.86. The van der Waals surface area contributed by atoms with Gasteiger partial charge in [0.25, 0.3) is 0 Å². The summed E-state index contributed by atoms with van der Waals surface area (Å²) in [7, 11) is 0. The Bertz CT molecular complexity index is 1080. The minimum absolute atomic E-state index is 1.21. The fourth-order valence-corrected chi connectivity index (χ4v) is 3.50. The predicted octanol–water partition coefficient (Wildman–Crippen LogP) is 8.31. The molecule has 0 heteroatoms. The lowest BCUT2D eigenvalue weighted by molar-refractivity contribution is 1.46. The van der Waals surface area contributed by atoms with Gasteiger partial charge in [-0.05, 0) is 47.2 Å². The van der Waals surface area contributed by atoms with E-state index < -0.39 is 0 Å². The van der Waals surface area contributed by atoms with Gasteiger partial charge < -0.3 is 0 Å². The van der Waals surface area contributed by atoms with E-state index in [1.165, 1.54) is 44.5 Å². The van der Waals surface area contributed by atoms with Crippen molar-refractivity contribution in [2.75, 3.05) is 0 Å². The first-order valence-electron chi connectivity index (χ1n) is 10.4. The molecule has 0 saturated heterocycles. The zero-order valence-electron chi connectivity index (χ0n) is 17.5. The van der Waals surface area contributed by atoms with Gasteiger partial charge in [0.2, 0.25) is 0 Å². The number of rotatable bonds is 5. The van der Waals surface area contributed by atoms with Crippen LogP contribution in [0.15, 0.2) is 97.1 Å². The molecule has 0 amide bonds. The molecule has 146 valence electrons. The lowest BCUT2D eigenvalue weighted by Gasteiger charge is -2.10. The number of benzene rings is 4. The minimum Gasteiger partial charge on any atom is -0.0616 e. The zero-order chi connectivity index (χ0) is 20.8. The quantitative estimate of drug-likeness (QED) is 0.302. The third-order valence-corrected chi connectivity index (χ3v) is 5.28. The van der Waals surface area contributed by atoms with Crippen molar-refractivity contribution in [3.8, 4) is 11.1 Å². The van der Waals surface area contributed by atoms with E-state index in [-0.39, 0.29) is 0 Å². The normalized spacial score (nSPS) is 11.4. The van der Waals surface area contributed by atoms with Crippen LogP contribution in [-0.4, -0.2) is 0 Å². The third-order valence-electron chi connectivity index (χ3n) is 5.28. The molecule has 30 heavy (non-hydrogen) atoms. The molecule has 0 saturated carbocycles. The van der Waals surface area contributed by atoms with Crippen molar-refractivity contribution < 1.29 is 0 Å². The van der Waals surface area contributed by atoms with Gasteiger partial charge in [0.1, 0.15) is 0 Å². The van der Waals surface area contributed by atoms with Crippen LogP contribution in [0.5, 0.6) is 0 Å². The van der Waals surface area contributed by atoms with Crippen molar-refractivity contribution in [1.82, 2.24) is 0 Å². The van der Waals surface area contributed by atoms with Gasteiger partial charge in [0.05, 0.1) is 0 Å². The van der Waals surface area contributed by atoms with Gasteiger partial charge in [-0.25, -0.2) is 0 Å². The highest BCUT2D eigenvalue weighted by Gasteiger charge is 2.06. The minimum atomic E-state index is 1.21. The summed E-state index contributed by atoms with van der Waals surface area (Å²) >= 11 is 0. The maximum Gasteiger partial charge on any atom is -0.0105 e. The number of hydrogen-bond acceptors (Lipinski definition) is 0. The van der Waals surface area contributed by atoms with Crippen LogP contribution in [0.3, 0.4) is 0 Å². The second kappa shape index (κ2) is 9.24. The Balaban J connectivity index is 1.68. The lowest BCUT2D eigenvalue weighted by atomic mass is 9.94. The average molecular weight is 387 g/mol. The van der Waals surface area contributed by atoms with E-state index >= 15 is 0 Å². The Hall–Kier alpha value is -3.64. The van der Waals surface area contributed by atoms with Gasteiger partial charge in [-0.2, -0.15) is 0 Å². The van der Waals surface area contributed by atoms with Gasteiger partial charge in [0, 0.05) is 0 Å². The molecule has 4 aromatic rings. The highest BCUT2D eigenvalue weighted by atomic mass is 14.1. The highest BCUT2D eigenvalue weighted by Crippen LogP contribution is 2.29. The molecular formula is C30H26. The molecule has 0 unspecified atom stereocenters. The summed E-state index contributed by atoms with van der Waals surface area (Å²) in [6.45, 7) is 4.23. The predicted molar refractivity (Wildman–Crippen MR) is 132 cm³/mol. The summed E-state index contributed by atoms with van der Waals surface area (Å²) in [4.78, 5) is 0. The van der Waals surface area contributed by atoms with E-state index in [0.717, 1.165) is 0 Å². The first-order valence-corrected chi connectivity index (χ1v) is 10.4. The molecule has 0 spiro atoms. The van der Waals surface area contributed by atoms with Crippen molar-refractivity contribution in [2.24, 2.45) is 0 Å². The summed E-state index contributed by atoms with van der Waals surface area (Å²) in [6, 6.07) is 34.4. The Labute approximate surface area is 179 Å². The molecule has 0 radical (unpaired) electrons. The van der Waals surface area contributed by atoms with Crippen molar-refractivity contribution in [2.45, 2.75) is 13.8 Å². The van der Waals surface area contributed by atoms with Crippen LogP contribution in [0.2, 0.25) is 0 Å². The molecule has 0 bridgehead atoms. The fraction of sp³-hybridized carbons (Fsp3) is 0.0667. The Morgan fingerprint density at radius 3 is 1.17 bits per heavy atom. The SMILES string of the molecule is Cc1ccc(/C=C/c2ccccc2-c2ccccc2/C=C/c2ccc(C)cc2)cc1. The first kappa shape index (κ1) is 19.7. The summed E-state index contributed by atoms with van der Waals surface area (Å²) in [5.41, 5.74) is 9.90. The molecule has 0 N–H and O–H groups in total. The summed E-state index contributed by atoms with van der Waals surface area (Å²) in [5.74, 6) is 0. The zero-order valence-corrected chi connectivity index (χ0v) is 17.5. The summed E-state index contributed by atoms with van der Waals surface area (Å²) < 4.78 is 0. The van der Waals surface area contributed by atoms with E-state index in [4.69, 9.17) is 0 Å². The van der Waals surface area contributed by atoms with Crippen molar-refractivity contribution in [3.63, 3.8) is 0 Å². The topological polar surface area (TPSA) is 0 Å². The summed E-state index contributed by atoms with van der Waals surface area (Å²) in [6.07, 6.45) is 8.78. The molecular weight excluding hydrogens is 360 g/mol. The molecule has 0 aliphatic heterocycles. The monoisotopic (exact) mass is 386 g/mol. The maximum absolute atomic E-state index is 2.21. The van der Waals surface area contributed by atoms with Crippen LogP contribution in [0, 0.1) is 13.8 Å². The standard InChI is InChI=1S/C30H26/c1-23-11-15-25(16-12-23)19-21-27-7-3-5-9-29(27)30-10-6-4-8-28(30)22-20-26-17-13-24(2)14-18-26/h3-22H,1-2H3/b21-19+,22-20+. The maximum atomic E-state index is 2.21. The molecule has 0 fully saturated rings. The smallest absolute Gasteiger partial charge is 0.0105 e. The van der Waals surface area contributed by atoms with Crippen LogP contribution in [0.4, 0.5) is 0 Å². The van der Waals surface area contributed by atoms with E-state index in [0.29, 0.717) is 0 Å². The van der Waals surface area contributed by atoms with Gasteiger partial charge >= 0.3 is 0 Å². The van der Waals surface area contributed by atoms with E-state index in [2.05, 4.69) is 135 Å². The fourth-order valence-electron chi connectivity index (χ4n) is 3.50. The largest absolute Gasteiger partial charge is 0.0616 e. The van der Waals surface area contributed by atoms with Crippen molar-refractivity contribution >= 4 is 24.3 Å². The van der Waals surface area contributed by atoms with Crippen LogP contribution >= 0.6 is 0 Å². The Kier molecular flexibility index (Phi) is 6.06. The van der Waals surface area contributed by atoms with Gasteiger partial charge in [0.15, 0.2) is 0 Å². The van der Waals surface area contributed by atoms with Crippen LogP contribution in [0.1, 0.15) is 33.4 Å². The van der Waals surface area contributed by atoms with Crippen LogP contribution in [-0.2, 0) is 0 Å². The second-order valence-corrected chi connectivity index (χ2v) is 7.66. The number of hydrogen-bond donors (Lipinski definition) is 0. The number of aryl methyl sites for hydroxylation is 2. The molecule has 0 aliphatic rings. The second-order valence-electron chi connectivity index (χ2n) is 7.66. The Morgan fingerprint density at radius 2 is 0.767 bits per heavy atom. The summed E-state index contributed by atoms with van der Waals surface area (Å²) in [5, 5.41) is 0. The van der Waals surface area contributed by atoms with Gasteiger partial charge in [-0.1, -0.05) is 132 Å². The van der Waals surface area contributed by atoms with E-state index in [9.17, 15) is 0 Å². The van der Waals surface area contributed by atoms with Gasteiger partial charge in [-0.3, -0.25) is 0 Å². The molecule has 0 heterocycles. The molecule has 4 rings (SSSR count). The molecule has 4 aromatic carbocycles. The van der Waals surface area contributed by atoms with Crippen LogP contribution in [0.25, 0.3) is 35.4 Å². The average Bonchev–Trinajstić information content (AvgIpc) is 2.79.